The van der Waals surface area contributed by atoms with Crippen LogP contribution in [0.4, 0.5) is 5.69 Å². The molecule has 0 saturated carbocycles. The van der Waals surface area contributed by atoms with Crippen LogP contribution in [-0.4, -0.2) is 23.9 Å². The zero-order valence-corrected chi connectivity index (χ0v) is 12.5. The number of oxime groups is 1. The van der Waals surface area contributed by atoms with Gasteiger partial charge in [0, 0.05) is 5.69 Å². The highest BCUT2D eigenvalue weighted by atomic mass is 16.5. The third kappa shape index (κ3) is 4.09. The molecule has 0 aromatic heterocycles. The molecule has 0 saturated heterocycles. The SMILES string of the molecule is Cc1cccc(NC(=O)COc2cccc(/C=N\O)c2)c1C. The zero-order valence-electron chi connectivity index (χ0n) is 12.5. The number of nitrogens with zero attached hydrogens (tertiary/aromatic N) is 1. The average Bonchev–Trinajstić information content (AvgIpc) is 2.51. The Bertz CT molecular complexity index is 696. The molecule has 2 aromatic rings. The van der Waals surface area contributed by atoms with Crippen molar-refractivity contribution < 1.29 is 14.7 Å². The Morgan fingerprint density at radius 3 is 2.82 bits per heavy atom. The summed E-state index contributed by atoms with van der Waals surface area (Å²) in [5.41, 5.74) is 3.64. The van der Waals surface area contributed by atoms with Crippen LogP contribution in [-0.2, 0) is 4.79 Å². The molecule has 0 atom stereocenters. The summed E-state index contributed by atoms with van der Waals surface area (Å²) in [6.07, 6.45) is 1.29. The number of ether oxygens (including phenoxy) is 1. The second-order valence-corrected chi connectivity index (χ2v) is 4.90. The fourth-order valence-electron chi connectivity index (χ4n) is 1.97. The molecule has 1 amide bonds. The molecular weight excluding hydrogens is 280 g/mol. The first-order chi connectivity index (χ1) is 10.6. The molecule has 2 N–H and O–H groups in total. The van der Waals surface area contributed by atoms with Gasteiger partial charge in [0.15, 0.2) is 6.61 Å². The monoisotopic (exact) mass is 298 g/mol. The predicted molar refractivity (Wildman–Crippen MR) is 85.9 cm³/mol. The molecule has 114 valence electrons. The summed E-state index contributed by atoms with van der Waals surface area (Å²) >= 11 is 0. The van der Waals surface area contributed by atoms with Gasteiger partial charge in [-0.25, -0.2) is 0 Å². The zero-order chi connectivity index (χ0) is 15.9. The van der Waals surface area contributed by atoms with Crippen molar-refractivity contribution in [3.8, 4) is 5.75 Å². The molecule has 0 bridgehead atoms. The van der Waals surface area contributed by atoms with Crippen molar-refractivity contribution in [2.45, 2.75) is 13.8 Å². The molecule has 0 radical (unpaired) electrons. The summed E-state index contributed by atoms with van der Waals surface area (Å²) in [4.78, 5) is 12.0. The van der Waals surface area contributed by atoms with Crippen molar-refractivity contribution >= 4 is 17.8 Å². The minimum absolute atomic E-state index is 0.0902. The minimum Gasteiger partial charge on any atom is -0.484 e. The number of carbonyl (C=O) groups excluding carboxylic acids is 1. The maximum atomic E-state index is 12.0. The molecule has 22 heavy (non-hydrogen) atoms. The van der Waals surface area contributed by atoms with E-state index in [4.69, 9.17) is 9.94 Å². The van der Waals surface area contributed by atoms with Crippen LogP contribution >= 0.6 is 0 Å². The summed E-state index contributed by atoms with van der Waals surface area (Å²) in [6.45, 7) is 3.87. The highest BCUT2D eigenvalue weighted by Crippen LogP contribution is 2.18. The van der Waals surface area contributed by atoms with Gasteiger partial charge >= 0.3 is 0 Å². The Morgan fingerprint density at radius 1 is 1.27 bits per heavy atom. The fraction of sp³-hybridized carbons (Fsp3) is 0.176. The normalized spacial score (nSPS) is 10.6. The Kier molecular flexibility index (Phi) is 5.14. The maximum absolute atomic E-state index is 12.0. The van der Waals surface area contributed by atoms with Crippen molar-refractivity contribution in [2.75, 3.05) is 11.9 Å². The Balaban J connectivity index is 1.95. The summed E-state index contributed by atoms with van der Waals surface area (Å²) in [5, 5.41) is 14.3. The van der Waals surface area contributed by atoms with Crippen LogP contribution in [0, 0.1) is 13.8 Å². The lowest BCUT2D eigenvalue weighted by Crippen LogP contribution is -2.20. The van der Waals surface area contributed by atoms with Crippen LogP contribution in [0.5, 0.6) is 5.75 Å². The summed E-state index contributed by atoms with van der Waals surface area (Å²) < 4.78 is 5.44. The third-order valence-electron chi connectivity index (χ3n) is 3.31. The quantitative estimate of drug-likeness (QED) is 0.506. The van der Waals surface area contributed by atoms with Crippen LogP contribution < -0.4 is 10.1 Å². The summed E-state index contributed by atoms with van der Waals surface area (Å²) in [6, 6.07) is 12.7. The molecule has 0 aliphatic rings. The van der Waals surface area contributed by atoms with Gasteiger partial charge in [-0.2, -0.15) is 0 Å². The van der Waals surface area contributed by atoms with E-state index in [-0.39, 0.29) is 12.5 Å². The second-order valence-electron chi connectivity index (χ2n) is 4.90. The highest BCUT2D eigenvalue weighted by molar-refractivity contribution is 5.92. The number of benzene rings is 2. The molecule has 5 heteroatoms. The molecule has 2 aromatic carbocycles. The van der Waals surface area contributed by atoms with Crippen LogP contribution in [0.15, 0.2) is 47.6 Å². The van der Waals surface area contributed by atoms with E-state index in [0.29, 0.717) is 11.3 Å². The first kappa shape index (κ1) is 15.6. The number of anilines is 1. The molecule has 5 nitrogen and oxygen atoms in total. The number of hydrogen-bond acceptors (Lipinski definition) is 4. The van der Waals surface area contributed by atoms with Crippen molar-refractivity contribution in [3.63, 3.8) is 0 Å². The van der Waals surface area contributed by atoms with Gasteiger partial charge in [-0.3, -0.25) is 4.79 Å². The van der Waals surface area contributed by atoms with Gasteiger partial charge in [0.2, 0.25) is 0 Å². The van der Waals surface area contributed by atoms with E-state index in [1.807, 2.05) is 32.0 Å². The summed E-state index contributed by atoms with van der Waals surface area (Å²) in [5.74, 6) is 0.309. The van der Waals surface area contributed by atoms with Crippen molar-refractivity contribution in [1.29, 1.82) is 0 Å². The molecule has 0 aliphatic heterocycles. The lowest BCUT2D eigenvalue weighted by Gasteiger charge is -2.11. The summed E-state index contributed by atoms with van der Waals surface area (Å²) in [7, 11) is 0. The van der Waals surface area contributed by atoms with Gasteiger partial charge in [0.05, 0.1) is 6.21 Å². The lowest BCUT2D eigenvalue weighted by molar-refractivity contribution is -0.118. The van der Waals surface area contributed by atoms with E-state index < -0.39 is 0 Å². The van der Waals surface area contributed by atoms with E-state index in [2.05, 4.69) is 10.5 Å². The van der Waals surface area contributed by atoms with E-state index in [0.717, 1.165) is 16.8 Å². The van der Waals surface area contributed by atoms with Crippen LogP contribution in [0.3, 0.4) is 0 Å². The number of aryl methyl sites for hydroxylation is 1. The number of amides is 1. The third-order valence-corrected chi connectivity index (χ3v) is 3.31. The Morgan fingerprint density at radius 2 is 2.05 bits per heavy atom. The van der Waals surface area contributed by atoms with E-state index >= 15 is 0 Å². The van der Waals surface area contributed by atoms with Gasteiger partial charge < -0.3 is 15.3 Å². The first-order valence-corrected chi connectivity index (χ1v) is 6.86. The highest BCUT2D eigenvalue weighted by Gasteiger charge is 2.07. The second kappa shape index (κ2) is 7.26. The van der Waals surface area contributed by atoms with E-state index in [9.17, 15) is 4.79 Å². The number of hydrogen-bond donors (Lipinski definition) is 2. The molecule has 0 heterocycles. The molecule has 0 unspecified atom stereocenters. The van der Waals surface area contributed by atoms with Gasteiger partial charge in [0.25, 0.3) is 5.91 Å². The number of rotatable bonds is 5. The molecule has 0 spiro atoms. The van der Waals surface area contributed by atoms with Gasteiger partial charge in [-0.15, -0.1) is 0 Å². The standard InChI is InChI=1S/C17H18N2O3/c1-12-5-3-8-16(13(12)2)19-17(20)11-22-15-7-4-6-14(9-15)10-18-21/h3-10,21H,11H2,1-2H3,(H,19,20)/b18-10-. The minimum atomic E-state index is -0.227. The molecular formula is C17H18N2O3. The maximum Gasteiger partial charge on any atom is 0.262 e. The van der Waals surface area contributed by atoms with Crippen molar-refractivity contribution in [3.05, 3.63) is 59.2 Å². The molecule has 0 fully saturated rings. The van der Waals surface area contributed by atoms with Crippen molar-refractivity contribution in [2.24, 2.45) is 5.16 Å². The van der Waals surface area contributed by atoms with Crippen molar-refractivity contribution in [1.82, 2.24) is 0 Å². The Hall–Kier alpha value is -2.82. The van der Waals surface area contributed by atoms with Gasteiger partial charge in [-0.05, 0) is 48.7 Å². The topological polar surface area (TPSA) is 70.9 Å². The number of carbonyl (C=O) groups is 1. The van der Waals surface area contributed by atoms with E-state index in [1.54, 1.807) is 24.3 Å². The largest absolute Gasteiger partial charge is 0.484 e. The first-order valence-electron chi connectivity index (χ1n) is 6.86. The van der Waals surface area contributed by atoms with Crippen LogP contribution in [0.2, 0.25) is 0 Å². The average molecular weight is 298 g/mol. The smallest absolute Gasteiger partial charge is 0.262 e. The van der Waals surface area contributed by atoms with Crippen LogP contribution in [0.1, 0.15) is 16.7 Å². The lowest BCUT2D eigenvalue weighted by atomic mass is 10.1. The van der Waals surface area contributed by atoms with Gasteiger partial charge in [-0.1, -0.05) is 29.4 Å². The van der Waals surface area contributed by atoms with E-state index in [1.165, 1.54) is 6.21 Å². The number of nitrogens with one attached hydrogen (secondary N) is 1. The predicted octanol–water partition coefficient (Wildman–Crippen LogP) is 3.13. The molecule has 2 rings (SSSR count). The van der Waals surface area contributed by atoms with Crippen LogP contribution in [0.25, 0.3) is 0 Å². The molecule has 0 aliphatic carbocycles. The Labute approximate surface area is 129 Å². The van der Waals surface area contributed by atoms with Gasteiger partial charge in [0.1, 0.15) is 5.75 Å². The fourth-order valence-corrected chi connectivity index (χ4v) is 1.97.